The Balaban J connectivity index is -0.0000000270. The van der Waals surface area contributed by atoms with E-state index < -0.39 is 0 Å². The van der Waals surface area contributed by atoms with Gasteiger partial charge < -0.3 is 15.3 Å². The monoisotopic (exact) mass is 248 g/mol. The molecule has 90 valence electrons. The van der Waals surface area contributed by atoms with Crippen LogP contribution in [-0.4, -0.2) is 33.6 Å². The molecule has 0 amide bonds. The molecule has 5 heteroatoms. The first-order valence-corrected chi connectivity index (χ1v) is 4.24. The molecule has 0 aliphatic heterocycles. The summed E-state index contributed by atoms with van der Waals surface area (Å²) in [6.45, 7) is 10.3. The van der Waals surface area contributed by atoms with Crippen molar-refractivity contribution in [3.63, 3.8) is 0 Å². The van der Waals surface area contributed by atoms with Gasteiger partial charge in [0.2, 0.25) is 0 Å². The maximum absolute atomic E-state index is 8.06. The van der Waals surface area contributed by atoms with Crippen LogP contribution in [0.1, 0.15) is 41.5 Å². The van der Waals surface area contributed by atoms with Crippen molar-refractivity contribution >= 4 is 0 Å². The Labute approximate surface area is 102 Å². The Bertz CT molecular complexity index is 48.5. The van der Waals surface area contributed by atoms with Gasteiger partial charge in [0, 0.05) is 40.0 Å². The minimum atomic E-state index is -0.167. The molecule has 0 aliphatic carbocycles. The average molecular weight is 248 g/mol. The van der Waals surface area contributed by atoms with Gasteiger partial charge in [0.1, 0.15) is 0 Å². The van der Waals surface area contributed by atoms with E-state index in [-0.39, 0.29) is 44.7 Å². The van der Waals surface area contributed by atoms with E-state index in [4.69, 9.17) is 15.3 Å². The van der Waals surface area contributed by atoms with Crippen LogP contribution in [-0.2, 0) is 21.7 Å². The van der Waals surface area contributed by atoms with E-state index >= 15 is 0 Å². The molecule has 0 saturated heterocycles. The van der Waals surface area contributed by atoms with Crippen molar-refractivity contribution in [1.82, 2.24) is 0 Å². The van der Waals surface area contributed by atoms with Gasteiger partial charge in [0.25, 0.3) is 0 Å². The first-order valence-electron chi connectivity index (χ1n) is 4.24. The molecular weight excluding hydrogens is 223 g/mol. The van der Waals surface area contributed by atoms with E-state index in [9.17, 15) is 0 Å². The molecule has 0 spiro atoms. The molecule has 14 heavy (non-hydrogen) atoms. The van der Waals surface area contributed by atoms with Gasteiger partial charge in [0.15, 0.2) is 0 Å². The van der Waals surface area contributed by atoms with Crippen molar-refractivity contribution in [2.24, 2.45) is 0 Å². The van der Waals surface area contributed by atoms with Crippen molar-refractivity contribution in [3.05, 3.63) is 0 Å². The third-order valence-electron chi connectivity index (χ3n) is 0. The third-order valence-corrected chi connectivity index (χ3v) is 0. The average Bonchev–Trinajstić information content (AvgIpc) is 1.54. The van der Waals surface area contributed by atoms with E-state index in [0.29, 0.717) is 0 Å². The summed E-state index contributed by atoms with van der Waals surface area (Å²) in [7, 11) is 0. The SMILES string of the molecule is CC(C)O.CC(C)O.CC(C)O.F.[Ti]. The first kappa shape index (κ1) is 29.3. The molecule has 0 aliphatic rings. The van der Waals surface area contributed by atoms with Gasteiger partial charge >= 0.3 is 0 Å². The zero-order valence-electron chi connectivity index (χ0n) is 9.98. The van der Waals surface area contributed by atoms with Crippen LogP contribution < -0.4 is 0 Å². The quantitative estimate of drug-likeness (QED) is 0.566. The first-order chi connectivity index (χ1) is 5.20. The fraction of sp³-hybridized carbons (Fsp3) is 1.00. The van der Waals surface area contributed by atoms with E-state index in [2.05, 4.69) is 0 Å². The van der Waals surface area contributed by atoms with Gasteiger partial charge in [-0.05, 0) is 41.5 Å². The van der Waals surface area contributed by atoms with Crippen molar-refractivity contribution < 1.29 is 41.7 Å². The maximum atomic E-state index is 8.06. The smallest absolute Gasteiger partial charge is 0.0483 e. The molecule has 0 radical (unpaired) electrons. The second kappa shape index (κ2) is 23.4. The standard InChI is InChI=1S/3C3H8O.FH.Ti/c3*1-3(2)4;;/h3*3-4H,1-2H3;1H;. The third kappa shape index (κ3) is 6050. The Hall–Kier alpha value is 0.524. The number of hydrogen-bond donors (Lipinski definition) is 3. The van der Waals surface area contributed by atoms with Crippen LogP contribution in [0.3, 0.4) is 0 Å². The number of aliphatic hydroxyl groups is 3. The number of halogens is 1. The van der Waals surface area contributed by atoms with Crippen LogP contribution in [0.5, 0.6) is 0 Å². The summed E-state index contributed by atoms with van der Waals surface area (Å²) < 4.78 is 0. The fourth-order valence-corrected chi connectivity index (χ4v) is 0. The molecule has 0 fully saturated rings. The minimum absolute atomic E-state index is 0. The van der Waals surface area contributed by atoms with Gasteiger partial charge in [-0.25, -0.2) is 0 Å². The molecule has 0 aromatic heterocycles. The second-order valence-corrected chi connectivity index (χ2v) is 3.28. The van der Waals surface area contributed by atoms with E-state index in [0.717, 1.165) is 0 Å². The van der Waals surface area contributed by atoms with Crippen LogP contribution in [0.25, 0.3) is 0 Å². The molecule has 0 rings (SSSR count). The van der Waals surface area contributed by atoms with Crippen molar-refractivity contribution in [3.8, 4) is 0 Å². The van der Waals surface area contributed by atoms with Crippen LogP contribution in [0.4, 0.5) is 4.70 Å². The Morgan fingerprint density at radius 2 is 0.571 bits per heavy atom. The molecule has 3 N–H and O–H groups in total. The Morgan fingerprint density at radius 1 is 0.571 bits per heavy atom. The van der Waals surface area contributed by atoms with E-state index in [1.807, 2.05) is 0 Å². The molecule has 0 aromatic carbocycles. The summed E-state index contributed by atoms with van der Waals surface area (Å²) in [6, 6.07) is 0. The van der Waals surface area contributed by atoms with Gasteiger partial charge in [0.05, 0.1) is 0 Å². The predicted octanol–water partition coefficient (Wildman–Crippen LogP) is 1.31. The number of hydrogen-bond acceptors (Lipinski definition) is 3. The van der Waals surface area contributed by atoms with Crippen LogP contribution >= 0.6 is 0 Å². The fourth-order valence-electron chi connectivity index (χ4n) is 0. The molecule has 0 aromatic rings. The van der Waals surface area contributed by atoms with Crippen LogP contribution in [0.15, 0.2) is 0 Å². The summed E-state index contributed by atoms with van der Waals surface area (Å²) in [5, 5.41) is 24.2. The molecule has 0 atom stereocenters. The van der Waals surface area contributed by atoms with E-state index in [1.165, 1.54) is 0 Å². The summed E-state index contributed by atoms with van der Waals surface area (Å²) >= 11 is 0. The number of aliphatic hydroxyl groups excluding tert-OH is 3. The maximum Gasteiger partial charge on any atom is 0.0483 e. The minimum Gasteiger partial charge on any atom is -0.394 e. The zero-order chi connectivity index (χ0) is 10.7. The summed E-state index contributed by atoms with van der Waals surface area (Å²) in [4.78, 5) is 0. The second-order valence-electron chi connectivity index (χ2n) is 3.28. The summed E-state index contributed by atoms with van der Waals surface area (Å²) in [5.41, 5.74) is 0. The molecule has 0 saturated carbocycles. The number of rotatable bonds is 0. The van der Waals surface area contributed by atoms with Gasteiger partial charge in [-0.2, -0.15) is 0 Å². The predicted molar refractivity (Wildman–Crippen MR) is 54.6 cm³/mol. The Morgan fingerprint density at radius 3 is 0.571 bits per heavy atom. The Kier molecular flexibility index (Phi) is 48.9. The molecular formula is C9H25FO3Ti. The molecule has 0 bridgehead atoms. The van der Waals surface area contributed by atoms with Crippen molar-refractivity contribution in [1.29, 1.82) is 0 Å². The van der Waals surface area contributed by atoms with Gasteiger partial charge in [-0.15, -0.1) is 0 Å². The summed E-state index contributed by atoms with van der Waals surface area (Å²) in [6.07, 6.45) is -0.500. The van der Waals surface area contributed by atoms with Gasteiger partial charge in [-0.3, -0.25) is 4.70 Å². The van der Waals surface area contributed by atoms with Crippen molar-refractivity contribution in [2.75, 3.05) is 0 Å². The normalized spacial score (nSPS) is 7.71. The zero-order valence-corrected chi connectivity index (χ0v) is 11.5. The van der Waals surface area contributed by atoms with Crippen LogP contribution in [0.2, 0.25) is 0 Å². The largest absolute Gasteiger partial charge is 0.394 e. The van der Waals surface area contributed by atoms with Crippen LogP contribution in [0, 0.1) is 0 Å². The topological polar surface area (TPSA) is 60.7 Å². The molecule has 3 nitrogen and oxygen atoms in total. The van der Waals surface area contributed by atoms with E-state index in [1.54, 1.807) is 41.5 Å². The molecule has 0 heterocycles. The summed E-state index contributed by atoms with van der Waals surface area (Å²) in [5.74, 6) is 0. The molecule has 0 unspecified atom stereocenters. The van der Waals surface area contributed by atoms with Gasteiger partial charge in [-0.1, -0.05) is 0 Å². The van der Waals surface area contributed by atoms with Crippen molar-refractivity contribution in [2.45, 2.75) is 59.9 Å².